The number of hydrogen-bond donors (Lipinski definition) is 2. The van der Waals surface area contributed by atoms with Gasteiger partial charge < -0.3 is 15.5 Å². The first-order valence-corrected chi connectivity index (χ1v) is 9.67. The molecule has 1 atom stereocenters. The highest BCUT2D eigenvalue weighted by Gasteiger charge is 2.49. The minimum atomic E-state index is -1.33. The van der Waals surface area contributed by atoms with Gasteiger partial charge in [0.1, 0.15) is 17.9 Å². The predicted octanol–water partition coefficient (Wildman–Crippen LogP) is 2.34. The van der Waals surface area contributed by atoms with Crippen molar-refractivity contribution in [1.29, 1.82) is 0 Å². The van der Waals surface area contributed by atoms with Gasteiger partial charge in [0.05, 0.1) is 6.54 Å². The van der Waals surface area contributed by atoms with E-state index in [9.17, 15) is 23.6 Å². The van der Waals surface area contributed by atoms with Crippen molar-refractivity contribution in [2.24, 2.45) is 0 Å². The Kier molecular flexibility index (Phi) is 6.26. The van der Waals surface area contributed by atoms with E-state index in [-0.39, 0.29) is 6.54 Å². The van der Waals surface area contributed by atoms with Crippen LogP contribution in [0.5, 0.6) is 0 Å². The highest BCUT2D eigenvalue weighted by atomic mass is 35.5. The van der Waals surface area contributed by atoms with Crippen LogP contribution >= 0.6 is 11.6 Å². The van der Waals surface area contributed by atoms with Crippen LogP contribution in [-0.2, 0) is 19.9 Å². The molecule has 2 aromatic carbocycles. The lowest BCUT2D eigenvalue weighted by Gasteiger charge is -2.23. The van der Waals surface area contributed by atoms with Gasteiger partial charge in [0.25, 0.3) is 5.91 Å². The van der Waals surface area contributed by atoms with Gasteiger partial charge in [-0.25, -0.2) is 9.18 Å². The average Bonchev–Trinajstić information content (AvgIpc) is 2.94. The molecule has 3 rings (SSSR count). The number of likely N-dealkylation sites (N-methyl/N-ethyl adjacent to an activating group) is 1. The van der Waals surface area contributed by atoms with Crippen molar-refractivity contribution in [2.45, 2.75) is 12.5 Å². The second kappa shape index (κ2) is 8.73. The zero-order valence-corrected chi connectivity index (χ0v) is 17.6. The fourth-order valence-electron chi connectivity index (χ4n) is 3.11. The van der Waals surface area contributed by atoms with Gasteiger partial charge in [-0.2, -0.15) is 0 Å². The van der Waals surface area contributed by atoms with Crippen molar-refractivity contribution in [2.75, 3.05) is 25.5 Å². The first-order valence-electron chi connectivity index (χ1n) is 9.29. The van der Waals surface area contributed by atoms with Crippen LogP contribution in [0.4, 0.5) is 14.9 Å². The normalized spacial score (nSPS) is 18.0. The van der Waals surface area contributed by atoms with E-state index in [1.54, 1.807) is 31.2 Å². The number of imide groups is 1. The molecule has 0 bridgehead atoms. The minimum Gasteiger partial charge on any atom is -0.335 e. The molecule has 10 heteroatoms. The van der Waals surface area contributed by atoms with Crippen LogP contribution in [-0.4, -0.2) is 53.7 Å². The van der Waals surface area contributed by atoms with Gasteiger partial charge in [0.2, 0.25) is 11.8 Å². The van der Waals surface area contributed by atoms with Crippen molar-refractivity contribution in [1.82, 2.24) is 15.1 Å². The fraction of sp³-hybridized carbons (Fsp3) is 0.238. The Labute approximate surface area is 183 Å². The third-order valence-corrected chi connectivity index (χ3v) is 5.18. The molecule has 1 saturated heterocycles. The van der Waals surface area contributed by atoms with E-state index in [0.29, 0.717) is 16.3 Å². The number of amides is 5. The Hall–Kier alpha value is -3.46. The number of anilines is 1. The molecule has 1 aliphatic heterocycles. The Morgan fingerprint density at radius 3 is 2.35 bits per heavy atom. The molecule has 31 heavy (non-hydrogen) atoms. The van der Waals surface area contributed by atoms with E-state index in [1.165, 1.54) is 31.3 Å². The number of benzene rings is 2. The van der Waals surface area contributed by atoms with Crippen LogP contribution in [0.15, 0.2) is 48.5 Å². The average molecular weight is 447 g/mol. The second-order valence-corrected chi connectivity index (χ2v) is 7.69. The highest BCUT2D eigenvalue weighted by molar-refractivity contribution is 6.30. The van der Waals surface area contributed by atoms with E-state index in [4.69, 9.17) is 11.6 Å². The van der Waals surface area contributed by atoms with Crippen molar-refractivity contribution in [3.05, 3.63) is 64.9 Å². The van der Waals surface area contributed by atoms with E-state index < -0.39 is 41.7 Å². The number of halogens is 2. The maximum Gasteiger partial charge on any atom is 0.325 e. The van der Waals surface area contributed by atoms with Crippen molar-refractivity contribution in [3.63, 3.8) is 0 Å². The van der Waals surface area contributed by atoms with E-state index in [2.05, 4.69) is 10.6 Å². The van der Waals surface area contributed by atoms with Crippen molar-refractivity contribution >= 4 is 41.0 Å². The molecule has 8 nitrogen and oxygen atoms in total. The van der Waals surface area contributed by atoms with Gasteiger partial charge in [0.15, 0.2) is 0 Å². The van der Waals surface area contributed by atoms with E-state index >= 15 is 0 Å². The molecule has 1 unspecified atom stereocenters. The highest BCUT2D eigenvalue weighted by Crippen LogP contribution is 2.29. The van der Waals surface area contributed by atoms with Gasteiger partial charge in [-0.1, -0.05) is 23.7 Å². The second-order valence-electron chi connectivity index (χ2n) is 7.26. The number of nitrogens with zero attached hydrogens (tertiary/aromatic N) is 2. The summed E-state index contributed by atoms with van der Waals surface area (Å²) in [6.45, 7) is 0.712. The summed E-state index contributed by atoms with van der Waals surface area (Å²) in [7, 11) is 1.38. The summed E-state index contributed by atoms with van der Waals surface area (Å²) in [6, 6.07) is 10.9. The molecule has 0 aliphatic carbocycles. The topological polar surface area (TPSA) is 98.8 Å². The Morgan fingerprint density at radius 2 is 1.74 bits per heavy atom. The first kappa shape index (κ1) is 22.2. The maximum absolute atomic E-state index is 12.9. The maximum atomic E-state index is 12.9. The van der Waals surface area contributed by atoms with Crippen LogP contribution in [0.3, 0.4) is 0 Å². The Balaban J connectivity index is 1.61. The summed E-state index contributed by atoms with van der Waals surface area (Å²) >= 11 is 5.88. The zero-order valence-electron chi connectivity index (χ0n) is 16.8. The molecule has 2 N–H and O–H groups in total. The number of rotatable bonds is 6. The van der Waals surface area contributed by atoms with Gasteiger partial charge >= 0.3 is 6.03 Å². The summed E-state index contributed by atoms with van der Waals surface area (Å²) in [6.07, 6.45) is 0. The molecule has 1 aliphatic rings. The summed E-state index contributed by atoms with van der Waals surface area (Å²) in [5.41, 5.74) is -0.433. The van der Waals surface area contributed by atoms with Gasteiger partial charge in [-0.05, 0) is 48.9 Å². The molecular weight excluding hydrogens is 427 g/mol. The van der Waals surface area contributed by atoms with Crippen LogP contribution < -0.4 is 10.6 Å². The van der Waals surface area contributed by atoms with Crippen molar-refractivity contribution in [3.8, 4) is 0 Å². The molecule has 0 saturated carbocycles. The Morgan fingerprint density at radius 1 is 1.13 bits per heavy atom. The number of nitrogens with one attached hydrogen (secondary N) is 2. The SMILES string of the molecule is CN(CC(=O)Nc1ccc(F)cc1)C(=O)CN1C(=O)NC(C)(c2ccc(Cl)cc2)C1=O. The summed E-state index contributed by atoms with van der Waals surface area (Å²) in [4.78, 5) is 51.8. The third-order valence-electron chi connectivity index (χ3n) is 4.92. The largest absolute Gasteiger partial charge is 0.335 e. The van der Waals surface area contributed by atoms with Gasteiger partial charge in [-0.15, -0.1) is 0 Å². The number of carbonyl (C=O) groups is 4. The molecule has 0 radical (unpaired) electrons. The molecule has 1 heterocycles. The van der Waals surface area contributed by atoms with E-state index in [0.717, 1.165) is 9.80 Å². The van der Waals surface area contributed by atoms with Crippen LogP contribution in [0.25, 0.3) is 0 Å². The predicted molar refractivity (Wildman–Crippen MR) is 112 cm³/mol. The summed E-state index contributed by atoms with van der Waals surface area (Å²) in [5.74, 6) is -2.13. The monoisotopic (exact) mass is 446 g/mol. The molecular formula is C21H20ClFN4O4. The minimum absolute atomic E-state index is 0.311. The summed E-state index contributed by atoms with van der Waals surface area (Å²) < 4.78 is 12.9. The smallest absolute Gasteiger partial charge is 0.325 e. The molecule has 1 fully saturated rings. The lowest BCUT2D eigenvalue weighted by Crippen LogP contribution is -2.45. The lowest BCUT2D eigenvalue weighted by atomic mass is 9.92. The molecule has 0 aromatic heterocycles. The van der Waals surface area contributed by atoms with E-state index in [1.807, 2.05) is 0 Å². The standard InChI is InChI=1S/C21H20ClFN4O4/c1-21(13-3-5-14(22)6-4-13)19(30)27(20(31)25-21)12-18(29)26(2)11-17(28)24-16-9-7-15(23)8-10-16/h3-10H,11-12H2,1-2H3,(H,24,28)(H,25,31). The molecule has 162 valence electrons. The van der Waals surface area contributed by atoms with Gasteiger partial charge in [0, 0.05) is 17.8 Å². The van der Waals surface area contributed by atoms with Crippen LogP contribution in [0.1, 0.15) is 12.5 Å². The number of carbonyl (C=O) groups excluding carboxylic acids is 4. The zero-order chi connectivity index (χ0) is 22.8. The third kappa shape index (κ3) is 4.83. The lowest BCUT2D eigenvalue weighted by molar-refractivity contribution is -0.139. The quantitative estimate of drug-likeness (QED) is 0.665. The molecule has 2 aromatic rings. The number of hydrogen-bond acceptors (Lipinski definition) is 4. The summed E-state index contributed by atoms with van der Waals surface area (Å²) in [5, 5.41) is 5.62. The van der Waals surface area contributed by atoms with Crippen LogP contribution in [0.2, 0.25) is 5.02 Å². The molecule has 5 amide bonds. The van der Waals surface area contributed by atoms with Crippen LogP contribution in [0, 0.1) is 5.82 Å². The fourth-order valence-corrected chi connectivity index (χ4v) is 3.24. The van der Waals surface area contributed by atoms with Crippen molar-refractivity contribution < 1.29 is 23.6 Å². The molecule has 0 spiro atoms. The number of urea groups is 1. The first-order chi connectivity index (χ1) is 14.6. The Bertz CT molecular complexity index is 1030. The van der Waals surface area contributed by atoms with Gasteiger partial charge in [-0.3, -0.25) is 19.3 Å².